The lowest BCUT2D eigenvalue weighted by Gasteiger charge is -2.24. The molecule has 0 aliphatic carbocycles. The zero-order valence-corrected chi connectivity index (χ0v) is 18.5. The molecule has 0 spiro atoms. The number of nitrogens with zero attached hydrogens (tertiary/aromatic N) is 6. The Bertz CT molecular complexity index is 801. The van der Waals surface area contributed by atoms with Crippen molar-refractivity contribution in [2.24, 2.45) is 5.10 Å². The van der Waals surface area contributed by atoms with Crippen LogP contribution in [-0.2, 0) is 0 Å². The first-order valence-electron chi connectivity index (χ1n) is 11.5. The Labute approximate surface area is 184 Å². The average Bonchev–Trinajstić information content (AvgIpc) is 3.25. The Balaban J connectivity index is 1.54. The van der Waals surface area contributed by atoms with E-state index in [4.69, 9.17) is 19.7 Å². The fourth-order valence-corrected chi connectivity index (χ4v) is 4.08. The molecule has 0 unspecified atom stereocenters. The molecule has 2 aliphatic rings. The van der Waals surface area contributed by atoms with Gasteiger partial charge < -0.3 is 14.5 Å². The Morgan fingerprint density at radius 2 is 1.29 bits per heavy atom. The first kappa shape index (κ1) is 21.3. The minimum Gasteiger partial charge on any atom is -0.497 e. The summed E-state index contributed by atoms with van der Waals surface area (Å²) < 4.78 is 5.21. The van der Waals surface area contributed by atoms with Crippen LogP contribution in [0.5, 0.6) is 5.75 Å². The first-order valence-corrected chi connectivity index (χ1v) is 11.5. The number of ether oxygens (including phenoxy) is 1. The van der Waals surface area contributed by atoms with Crippen LogP contribution in [-0.4, -0.2) is 54.5 Å². The molecule has 3 heterocycles. The van der Waals surface area contributed by atoms with Crippen molar-refractivity contribution in [2.75, 3.05) is 48.5 Å². The molecule has 2 saturated heterocycles. The summed E-state index contributed by atoms with van der Waals surface area (Å²) in [6.07, 6.45) is 11.6. The van der Waals surface area contributed by atoms with Crippen molar-refractivity contribution >= 4 is 24.1 Å². The molecule has 2 aliphatic heterocycles. The maximum Gasteiger partial charge on any atom is 0.250 e. The number of hydrogen-bond donors (Lipinski definition) is 1. The highest BCUT2D eigenvalue weighted by Crippen LogP contribution is 2.22. The number of rotatable bonds is 6. The van der Waals surface area contributed by atoms with E-state index in [0.717, 1.165) is 49.4 Å². The van der Waals surface area contributed by atoms with Crippen molar-refractivity contribution in [3.63, 3.8) is 0 Å². The largest absolute Gasteiger partial charge is 0.497 e. The molecule has 0 saturated carbocycles. The molecule has 4 rings (SSSR count). The molecule has 0 atom stereocenters. The van der Waals surface area contributed by atoms with Crippen LogP contribution < -0.4 is 20.0 Å². The van der Waals surface area contributed by atoms with Crippen molar-refractivity contribution < 1.29 is 4.74 Å². The quantitative estimate of drug-likeness (QED) is 0.554. The molecule has 1 N–H and O–H groups in total. The lowest BCUT2D eigenvalue weighted by Crippen LogP contribution is -2.30. The van der Waals surface area contributed by atoms with Gasteiger partial charge in [-0.15, -0.1) is 0 Å². The zero-order valence-electron chi connectivity index (χ0n) is 18.5. The van der Waals surface area contributed by atoms with Crippen LogP contribution in [0.3, 0.4) is 0 Å². The second kappa shape index (κ2) is 10.9. The highest BCUT2D eigenvalue weighted by atomic mass is 16.5. The number of benzene rings is 1. The molecule has 1 aromatic heterocycles. The highest BCUT2D eigenvalue weighted by Gasteiger charge is 2.19. The summed E-state index contributed by atoms with van der Waals surface area (Å²) >= 11 is 0. The van der Waals surface area contributed by atoms with Crippen LogP contribution in [0.15, 0.2) is 29.4 Å². The summed E-state index contributed by atoms with van der Waals surface area (Å²) in [4.78, 5) is 18.9. The van der Waals surface area contributed by atoms with Crippen molar-refractivity contribution in [2.45, 2.75) is 51.4 Å². The van der Waals surface area contributed by atoms with Crippen molar-refractivity contribution in [3.05, 3.63) is 29.8 Å². The van der Waals surface area contributed by atoms with Crippen LogP contribution in [0.1, 0.15) is 56.9 Å². The van der Waals surface area contributed by atoms with Gasteiger partial charge in [0.15, 0.2) is 0 Å². The molecule has 2 aromatic rings. The zero-order chi connectivity index (χ0) is 21.3. The third-order valence-electron chi connectivity index (χ3n) is 5.88. The minimum absolute atomic E-state index is 0.498. The predicted octanol–water partition coefficient (Wildman–Crippen LogP) is 4.09. The maximum absolute atomic E-state index is 5.21. The summed E-state index contributed by atoms with van der Waals surface area (Å²) in [5.41, 5.74) is 4.01. The van der Waals surface area contributed by atoms with Gasteiger partial charge in [0.1, 0.15) is 5.75 Å². The van der Waals surface area contributed by atoms with Gasteiger partial charge in [-0.2, -0.15) is 20.1 Å². The molecule has 8 nitrogen and oxygen atoms in total. The smallest absolute Gasteiger partial charge is 0.250 e. The van der Waals surface area contributed by atoms with E-state index in [9.17, 15) is 0 Å². The summed E-state index contributed by atoms with van der Waals surface area (Å²) in [6.45, 7) is 3.99. The van der Waals surface area contributed by atoms with Crippen LogP contribution in [0.2, 0.25) is 0 Å². The number of aromatic nitrogens is 3. The van der Waals surface area contributed by atoms with Gasteiger partial charge in [-0.3, -0.25) is 0 Å². The summed E-state index contributed by atoms with van der Waals surface area (Å²) in [5, 5.41) is 4.37. The number of nitrogens with one attached hydrogen (secondary N) is 1. The molecule has 0 bridgehead atoms. The molecule has 0 amide bonds. The summed E-state index contributed by atoms with van der Waals surface area (Å²) in [6, 6.07) is 7.75. The molecule has 2 fully saturated rings. The molecule has 0 radical (unpaired) electrons. The van der Waals surface area contributed by atoms with Crippen LogP contribution >= 0.6 is 0 Å². The standard InChI is InChI=1S/C23H33N7O/c1-31-20-12-10-19(11-13-20)18-24-28-21-25-22(29-14-6-2-3-7-15-29)27-23(26-21)30-16-8-4-5-9-17-30/h10-13,18H,2-9,14-17H2,1H3,(H,25,26,27,28)/b24-18-. The molecule has 8 heteroatoms. The van der Waals surface area contributed by atoms with Gasteiger partial charge in [-0.25, -0.2) is 5.43 Å². The highest BCUT2D eigenvalue weighted by molar-refractivity contribution is 5.80. The lowest BCUT2D eigenvalue weighted by molar-refractivity contribution is 0.415. The van der Waals surface area contributed by atoms with Crippen molar-refractivity contribution in [3.8, 4) is 5.75 Å². The van der Waals surface area contributed by atoms with Gasteiger partial charge in [0.25, 0.3) is 0 Å². The van der Waals surface area contributed by atoms with Crippen LogP contribution in [0.4, 0.5) is 17.8 Å². The van der Waals surface area contributed by atoms with Gasteiger partial charge in [0.2, 0.25) is 17.8 Å². The Morgan fingerprint density at radius 1 is 0.774 bits per heavy atom. The first-order chi connectivity index (χ1) is 15.3. The van der Waals surface area contributed by atoms with E-state index in [1.54, 1.807) is 13.3 Å². The summed E-state index contributed by atoms with van der Waals surface area (Å²) in [5.74, 6) is 2.85. The average molecular weight is 424 g/mol. The van der Waals surface area contributed by atoms with Crippen LogP contribution in [0.25, 0.3) is 0 Å². The van der Waals surface area contributed by atoms with E-state index in [0.29, 0.717) is 5.95 Å². The van der Waals surface area contributed by atoms with E-state index in [2.05, 4.69) is 20.3 Å². The maximum atomic E-state index is 5.21. The predicted molar refractivity (Wildman–Crippen MR) is 125 cm³/mol. The number of methoxy groups -OCH3 is 1. The summed E-state index contributed by atoms with van der Waals surface area (Å²) in [7, 11) is 1.66. The SMILES string of the molecule is COc1ccc(/C=N\Nc2nc(N3CCCCCC3)nc(N3CCCCCC3)n2)cc1. The second-order valence-corrected chi connectivity index (χ2v) is 8.20. The third kappa shape index (κ3) is 6.06. The van der Waals surface area contributed by atoms with Gasteiger partial charge in [-0.1, -0.05) is 25.7 Å². The molecular weight excluding hydrogens is 390 g/mol. The van der Waals surface area contributed by atoms with Gasteiger partial charge in [0, 0.05) is 26.2 Å². The second-order valence-electron chi connectivity index (χ2n) is 8.20. The van der Waals surface area contributed by atoms with E-state index < -0.39 is 0 Å². The lowest BCUT2D eigenvalue weighted by atomic mass is 10.2. The van der Waals surface area contributed by atoms with Crippen molar-refractivity contribution in [1.29, 1.82) is 0 Å². The van der Waals surface area contributed by atoms with Gasteiger partial charge in [0.05, 0.1) is 13.3 Å². The van der Waals surface area contributed by atoms with E-state index in [1.807, 2.05) is 24.3 Å². The monoisotopic (exact) mass is 423 g/mol. The Hall–Kier alpha value is -2.90. The topological polar surface area (TPSA) is 78.8 Å². The van der Waals surface area contributed by atoms with E-state index >= 15 is 0 Å². The van der Waals surface area contributed by atoms with E-state index in [-0.39, 0.29) is 0 Å². The number of hydrogen-bond acceptors (Lipinski definition) is 8. The molecule has 166 valence electrons. The van der Waals surface area contributed by atoms with Gasteiger partial charge in [-0.05, 0) is 55.5 Å². The number of anilines is 3. The fourth-order valence-electron chi connectivity index (χ4n) is 4.08. The minimum atomic E-state index is 0.498. The molecule has 1 aromatic carbocycles. The normalized spacial score (nSPS) is 18.0. The van der Waals surface area contributed by atoms with Gasteiger partial charge >= 0.3 is 0 Å². The number of hydrazone groups is 1. The third-order valence-corrected chi connectivity index (χ3v) is 5.88. The fraction of sp³-hybridized carbons (Fsp3) is 0.565. The Morgan fingerprint density at radius 3 is 1.77 bits per heavy atom. The molecule has 31 heavy (non-hydrogen) atoms. The molecular formula is C23H33N7O. The Kier molecular flexibility index (Phi) is 7.52. The van der Waals surface area contributed by atoms with Crippen LogP contribution in [0, 0.1) is 0 Å². The van der Waals surface area contributed by atoms with E-state index in [1.165, 1.54) is 51.4 Å². The van der Waals surface area contributed by atoms with Crippen molar-refractivity contribution in [1.82, 2.24) is 15.0 Å².